The Morgan fingerprint density at radius 3 is 1.77 bits per heavy atom. The maximum Gasteiger partial charge on any atom is 0.137 e. The maximum absolute atomic E-state index is 8.81. The van der Waals surface area contributed by atoms with Gasteiger partial charge in [-0.3, -0.25) is 4.90 Å². The zero-order valence-electron chi connectivity index (χ0n) is 25.8. The van der Waals surface area contributed by atoms with Crippen LogP contribution in [-0.2, 0) is 11.2 Å². The molecule has 0 amide bonds. The molecule has 3 rings (SSSR count). The van der Waals surface area contributed by atoms with E-state index in [2.05, 4.69) is 80.3 Å². The van der Waals surface area contributed by atoms with Crippen molar-refractivity contribution in [2.45, 2.75) is 135 Å². The van der Waals surface area contributed by atoms with Gasteiger partial charge in [-0.15, -0.1) is 0 Å². The highest BCUT2D eigenvalue weighted by Gasteiger charge is 2.40. The molecule has 1 aliphatic rings. The van der Waals surface area contributed by atoms with E-state index in [1.807, 2.05) is 0 Å². The number of hydrogen-bond acceptors (Lipinski definition) is 4. The number of ether oxygens (including phenoxy) is 2. The molecule has 0 spiro atoms. The van der Waals surface area contributed by atoms with Crippen LogP contribution in [0.1, 0.15) is 128 Å². The van der Waals surface area contributed by atoms with Crippen LogP contribution in [0.2, 0.25) is 0 Å². The summed E-state index contributed by atoms with van der Waals surface area (Å²) in [5.41, 5.74) is 2.64. The molecule has 1 saturated heterocycles. The molecule has 1 aliphatic heterocycles. The molecule has 1 fully saturated rings. The van der Waals surface area contributed by atoms with E-state index in [1.54, 1.807) is 0 Å². The molecule has 0 saturated carbocycles. The highest BCUT2D eigenvalue weighted by atomic mass is 16.6. The highest BCUT2D eigenvalue weighted by molar-refractivity contribution is 5.27. The first-order valence-electron chi connectivity index (χ1n) is 16.3. The molecule has 0 radical (unpaired) electrons. The van der Waals surface area contributed by atoms with Gasteiger partial charge in [0.2, 0.25) is 0 Å². The van der Waals surface area contributed by atoms with Crippen molar-refractivity contribution in [1.82, 2.24) is 4.90 Å². The van der Waals surface area contributed by atoms with E-state index >= 15 is 0 Å². The van der Waals surface area contributed by atoms with Crippen LogP contribution in [0.4, 0.5) is 0 Å². The lowest BCUT2D eigenvalue weighted by molar-refractivity contribution is -0.0398. The summed E-state index contributed by atoms with van der Waals surface area (Å²) in [5.74, 6) is 0.930. The third kappa shape index (κ3) is 12.3. The van der Waals surface area contributed by atoms with E-state index in [-0.39, 0.29) is 17.9 Å². The summed E-state index contributed by atoms with van der Waals surface area (Å²) < 4.78 is 12.6. The van der Waals surface area contributed by atoms with Crippen molar-refractivity contribution >= 4 is 0 Å². The van der Waals surface area contributed by atoms with Gasteiger partial charge in [-0.2, -0.15) is 0 Å². The van der Waals surface area contributed by atoms with E-state index < -0.39 is 0 Å². The van der Waals surface area contributed by atoms with Gasteiger partial charge in [0.25, 0.3) is 0 Å². The Morgan fingerprint density at radius 2 is 1.25 bits per heavy atom. The van der Waals surface area contributed by atoms with Gasteiger partial charge in [-0.1, -0.05) is 120 Å². The summed E-state index contributed by atoms with van der Waals surface area (Å²) in [5, 5.41) is 8.81. The summed E-state index contributed by atoms with van der Waals surface area (Å²) in [6, 6.07) is 19.2. The lowest BCUT2D eigenvalue weighted by atomic mass is 10.0. The molecule has 4 nitrogen and oxygen atoms in total. The zero-order chi connectivity index (χ0) is 28.5. The number of hydrogen-bond donors (Lipinski definition) is 1. The van der Waals surface area contributed by atoms with Crippen molar-refractivity contribution in [3.63, 3.8) is 0 Å². The van der Waals surface area contributed by atoms with Crippen LogP contribution in [0.25, 0.3) is 0 Å². The fourth-order valence-electron chi connectivity index (χ4n) is 5.71. The Hall–Kier alpha value is -1.88. The van der Waals surface area contributed by atoms with Crippen molar-refractivity contribution in [2.24, 2.45) is 0 Å². The second-order valence-electron chi connectivity index (χ2n) is 12.7. The Labute approximate surface area is 245 Å². The predicted molar refractivity (Wildman–Crippen MR) is 168 cm³/mol. The van der Waals surface area contributed by atoms with Crippen molar-refractivity contribution in [1.29, 1.82) is 0 Å². The van der Waals surface area contributed by atoms with Gasteiger partial charge in [0.05, 0.1) is 0 Å². The normalized spacial score (nSPS) is 17.9. The summed E-state index contributed by atoms with van der Waals surface area (Å²) in [6.07, 6.45) is 19.7. The molecule has 2 aromatic rings. The minimum atomic E-state index is -0.0271. The van der Waals surface area contributed by atoms with E-state index in [0.717, 1.165) is 25.1 Å². The third-order valence-electron chi connectivity index (χ3n) is 8.18. The molecular weight excluding hydrogens is 494 g/mol. The van der Waals surface area contributed by atoms with Crippen LogP contribution in [-0.4, -0.2) is 41.4 Å². The van der Waals surface area contributed by atoms with E-state index in [4.69, 9.17) is 14.6 Å². The Bertz CT molecular complexity index is 893. The number of nitrogens with zero attached hydrogens (tertiary/aromatic N) is 1. The minimum Gasteiger partial charge on any atom is -0.491 e. The number of rotatable bonds is 20. The molecular formula is C36H57NO3. The largest absolute Gasteiger partial charge is 0.491 e. The van der Waals surface area contributed by atoms with Gasteiger partial charge >= 0.3 is 0 Å². The molecule has 224 valence electrons. The second kappa shape index (κ2) is 18.5. The summed E-state index contributed by atoms with van der Waals surface area (Å²) in [6.45, 7) is 8.55. The zero-order valence-corrected chi connectivity index (χ0v) is 25.8. The monoisotopic (exact) mass is 551 g/mol. The quantitative estimate of drug-likeness (QED) is 0.167. The van der Waals surface area contributed by atoms with Crippen molar-refractivity contribution in [2.75, 3.05) is 19.8 Å². The Kier molecular flexibility index (Phi) is 15.1. The van der Waals surface area contributed by atoms with Gasteiger partial charge in [0.15, 0.2) is 0 Å². The molecule has 1 heterocycles. The van der Waals surface area contributed by atoms with Crippen LogP contribution in [0, 0.1) is 0 Å². The first kappa shape index (κ1) is 32.6. The summed E-state index contributed by atoms with van der Waals surface area (Å²) in [7, 11) is 0. The van der Waals surface area contributed by atoms with Crippen molar-refractivity contribution in [3.05, 3.63) is 65.7 Å². The molecule has 1 N–H and O–H groups in total. The maximum atomic E-state index is 8.81. The van der Waals surface area contributed by atoms with Crippen LogP contribution < -0.4 is 4.74 Å². The number of aliphatic hydroxyl groups excluding tert-OH is 1. The fraction of sp³-hybridized carbons (Fsp3) is 0.667. The molecule has 0 aromatic heterocycles. The molecule has 2 aromatic carbocycles. The van der Waals surface area contributed by atoms with Gasteiger partial charge in [-0.25, -0.2) is 0 Å². The van der Waals surface area contributed by atoms with Crippen LogP contribution in [0.15, 0.2) is 54.6 Å². The van der Waals surface area contributed by atoms with Gasteiger partial charge < -0.3 is 14.6 Å². The minimum absolute atomic E-state index is 0.0261. The van der Waals surface area contributed by atoms with Crippen LogP contribution >= 0.6 is 0 Å². The number of benzene rings is 2. The average molecular weight is 552 g/mol. The topological polar surface area (TPSA) is 41.9 Å². The fourth-order valence-corrected chi connectivity index (χ4v) is 5.71. The smallest absolute Gasteiger partial charge is 0.137 e. The average Bonchev–Trinajstić information content (AvgIpc) is 3.40. The molecule has 40 heavy (non-hydrogen) atoms. The molecule has 0 aliphatic carbocycles. The second-order valence-corrected chi connectivity index (χ2v) is 12.7. The molecule has 2 atom stereocenters. The van der Waals surface area contributed by atoms with Crippen molar-refractivity contribution < 1.29 is 14.6 Å². The third-order valence-corrected chi connectivity index (χ3v) is 8.18. The number of unbranched alkanes of at least 4 members (excludes halogenated alkanes) is 13. The van der Waals surface area contributed by atoms with E-state index in [9.17, 15) is 0 Å². The first-order chi connectivity index (χ1) is 19.5. The lowest BCUT2D eigenvalue weighted by Crippen LogP contribution is -2.42. The van der Waals surface area contributed by atoms with Gasteiger partial charge in [-0.05, 0) is 63.3 Å². The SMILES string of the molecule is CC(C)(C)N1CC(COc2ccc(CCCCCCCCCCCCCCCCO)cc2)OC1c1ccccc1. The van der Waals surface area contributed by atoms with E-state index in [0.29, 0.717) is 13.2 Å². The van der Waals surface area contributed by atoms with Crippen molar-refractivity contribution in [3.8, 4) is 5.75 Å². The van der Waals surface area contributed by atoms with Crippen LogP contribution in [0.3, 0.4) is 0 Å². The Morgan fingerprint density at radius 1 is 0.725 bits per heavy atom. The standard InChI is InChI=1S/C36H57NO3/c1-36(2,3)37-29-34(40-35(37)32-22-18-16-19-23-32)30-39-33-26-24-31(25-27-33)21-17-14-12-10-8-6-4-5-7-9-11-13-15-20-28-38/h16,18-19,22-27,34-35,38H,4-15,17,20-21,28-30H2,1-3H3. The van der Waals surface area contributed by atoms with E-state index in [1.165, 1.54) is 94.6 Å². The van der Waals surface area contributed by atoms with Crippen LogP contribution in [0.5, 0.6) is 5.75 Å². The predicted octanol–water partition coefficient (Wildman–Crippen LogP) is 9.26. The highest BCUT2D eigenvalue weighted by Crippen LogP contribution is 2.36. The number of aryl methyl sites for hydroxylation is 1. The molecule has 2 unspecified atom stereocenters. The first-order valence-corrected chi connectivity index (χ1v) is 16.3. The lowest BCUT2D eigenvalue weighted by Gasteiger charge is -2.35. The van der Waals surface area contributed by atoms with Gasteiger partial charge in [0.1, 0.15) is 24.7 Å². The number of aliphatic hydroxyl groups is 1. The van der Waals surface area contributed by atoms with Gasteiger partial charge in [0, 0.05) is 18.7 Å². The molecule has 0 bridgehead atoms. The summed E-state index contributed by atoms with van der Waals surface area (Å²) >= 11 is 0. The Balaban J connectivity index is 1.23. The molecule has 4 heteroatoms. The summed E-state index contributed by atoms with van der Waals surface area (Å²) in [4.78, 5) is 2.44.